The molecule has 0 N–H and O–H groups in total. The van der Waals surface area contributed by atoms with Crippen LogP contribution in [-0.4, -0.2) is 41.3 Å². The number of carbonyl (C=O) groups excluding carboxylic acids is 3. The van der Waals surface area contributed by atoms with E-state index in [0.29, 0.717) is 17.7 Å². The van der Waals surface area contributed by atoms with Gasteiger partial charge in [-0.25, -0.2) is 4.79 Å². The number of carbonyl (C=O) groups is 3. The maximum absolute atomic E-state index is 12.0. The summed E-state index contributed by atoms with van der Waals surface area (Å²) in [6.45, 7) is 3.66. The third-order valence-electron chi connectivity index (χ3n) is 3.36. The number of hydrogen-bond acceptors (Lipinski definition) is 4. The molecule has 1 aliphatic heterocycles. The Kier molecular flexibility index (Phi) is 5.17. The fraction of sp³-hybridized carbons (Fsp3) is 0.250. The summed E-state index contributed by atoms with van der Waals surface area (Å²) in [5.41, 5.74) is 9.65. The summed E-state index contributed by atoms with van der Waals surface area (Å²) >= 11 is 0. The van der Waals surface area contributed by atoms with Gasteiger partial charge in [0, 0.05) is 6.54 Å². The van der Waals surface area contributed by atoms with Crippen LogP contribution in [0.15, 0.2) is 36.9 Å². The molecule has 23 heavy (non-hydrogen) atoms. The average Bonchev–Trinajstić information content (AvgIpc) is 2.81. The number of anilines is 1. The van der Waals surface area contributed by atoms with Crippen LogP contribution in [0.2, 0.25) is 0 Å². The first-order valence-electron chi connectivity index (χ1n) is 7.04. The smallest absolute Gasteiger partial charge is 0.417 e. The first-order chi connectivity index (χ1) is 11.1. The highest BCUT2D eigenvalue weighted by Gasteiger charge is 2.35. The molecule has 1 aliphatic rings. The zero-order valence-corrected chi connectivity index (χ0v) is 12.4. The van der Waals surface area contributed by atoms with Gasteiger partial charge in [0.25, 0.3) is 11.7 Å². The maximum Gasteiger partial charge on any atom is 0.417 e. The molecule has 0 unspecified atom stereocenters. The Bertz CT molecular complexity index is 720. The van der Waals surface area contributed by atoms with Crippen LogP contribution in [0.5, 0.6) is 0 Å². The molecule has 7 nitrogen and oxygen atoms in total. The molecule has 7 heteroatoms. The highest BCUT2D eigenvalue weighted by molar-refractivity contribution is 6.52. The molecule has 0 saturated heterocycles. The van der Waals surface area contributed by atoms with Gasteiger partial charge in [-0.2, -0.15) is 4.79 Å². The molecule has 2 rings (SSSR count). The van der Waals surface area contributed by atoms with Gasteiger partial charge in [0.15, 0.2) is 0 Å². The number of benzene rings is 1. The summed E-state index contributed by atoms with van der Waals surface area (Å²) in [6, 6.07) is 6.73. The molecule has 0 bridgehead atoms. The number of ether oxygens (including phenoxy) is 1. The molecule has 0 atom stereocenters. The second-order valence-electron chi connectivity index (χ2n) is 4.84. The lowest BCUT2D eigenvalue weighted by Gasteiger charge is -2.15. The lowest BCUT2D eigenvalue weighted by atomic mass is 10.1. The van der Waals surface area contributed by atoms with Crippen molar-refractivity contribution in [1.82, 2.24) is 0 Å². The van der Waals surface area contributed by atoms with Crippen molar-refractivity contribution in [3.63, 3.8) is 0 Å². The van der Waals surface area contributed by atoms with Crippen LogP contribution >= 0.6 is 0 Å². The van der Waals surface area contributed by atoms with E-state index >= 15 is 0 Å². The second kappa shape index (κ2) is 7.29. The van der Waals surface area contributed by atoms with Crippen LogP contribution in [0.3, 0.4) is 0 Å². The first-order valence-corrected chi connectivity index (χ1v) is 7.04. The predicted molar refractivity (Wildman–Crippen MR) is 82.1 cm³/mol. The topological polar surface area (TPSA) is 100 Å². The van der Waals surface area contributed by atoms with Crippen molar-refractivity contribution in [2.75, 3.05) is 18.1 Å². The largest absolute Gasteiger partial charge is 0.453 e. The third kappa shape index (κ3) is 3.41. The van der Waals surface area contributed by atoms with E-state index in [-0.39, 0.29) is 25.3 Å². The summed E-state index contributed by atoms with van der Waals surface area (Å²) < 4.78 is 4.78. The lowest BCUT2D eigenvalue weighted by Crippen LogP contribution is -2.31. The van der Waals surface area contributed by atoms with E-state index in [0.717, 1.165) is 0 Å². The van der Waals surface area contributed by atoms with Gasteiger partial charge in [-0.15, -0.1) is 0 Å². The SMILES string of the molecule is C=CCOC(=O)C(CCCN1C(=O)C(=O)c2ccccc21)=[N+]=[N-]. The number of hydrogen-bond donors (Lipinski definition) is 0. The summed E-state index contributed by atoms with van der Waals surface area (Å²) in [5.74, 6) is -1.87. The normalized spacial score (nSPS) is 12.6. The fourth-order valence-corrected chi connectivity index (χ4v) is 2.29. The Balaban J connectivity index is 1.98. The van der Waals surface area contributed by atoms with Crippen molar-refractivity contribution in [1.29, 1.82) is 0 Å². The number of para-hydroxylation sites is 1. The van der Waals surface area contributed by atoms with E-state index in [1.165, 1.54) is 11.0 Å². The van der Waals surface area contributed by atoms with E-state index < -0.39 is 17.7 Å². The van der Waals surface area contributed by atoms with Crippen LogP contribution in [-0.2, 0) is 14.3 Å². The standard InChI is InChI=1S/C16H15N3O4/c1-2-10-23-16(22)12(18-17)7-5-9-19-13-8-4-3-6-11(13)14(20)15(19)21/h2-4,6,8H,1,5,7,9-10H2. The van der Waals surface area contributed by atoms with Crippen LogP contribution in [0.1, 0.15) is 23.2 Å². The van der Waals surface area contributed by atoms with Crippen LogP contribution in [0.4, 0.5) is 5.69 Å². The molecule has 0 saturated carbocycles. The molecule has 1 amide bonds. The van der Waals surface area contributed by atoms with Gasteiger partial charge >= 0.3 is 11.7 Å². The highest BCUT2D eigenvalue weighted by atomic mass is 16.5. The number of ketones is 1. The van der Waals surface area contributed by atoms with Crippen molar-refractivity contribution in [3.05, 3.63) is 48.0 Å². The Labute approximate surface area is 132 Å². The van der Waals surface area contributed by atoms with Gasteiger partial charge in [0.05, 0.1) is 17.7 Å². The van der Waals surface area contributed by atoms with Gasteiger partial charge in [-0.1, -0.05) is 24.8 Å². The Morgan fingerprint density at radius 3 is 2.78 bits per heavy atom. The van der Waals surface area contributed by atoms with E-state index in [4.69, 9.17) is 10.3 Å². The minimum Gasteiger partial charge on any atom is -0.453 e. The molecule has 0 aliphatic carbocycles. The Hall–Kier alpha value is -3.05. The van der Waals surface area contributed by atoms with Crippen molar-refractivity contribution >= 4 is 29.1 Å². The number of amides is 1. The second-order valence-corrected chi connectivity index (χ2v) is 4.84. The van der Waals surface area contributed by atoms with E-state index in [1.54, 1.807) is 24.3 Å². The van der Waals surface area contributed by atoms with Crippen LogP contribution < -0.4 is 4.90 Å². The molecule has 0 fully saturated rings. The zero-order chi connectivity index (χ0) is 16.8. The van der Waals surface area contributed by atoms with Gasteiger partial charge in [-0.05, 0) is 18.6 Å². The maximum atomic E-state index is 12.0. The number of Topliss-reactive ketones (excluding diaryl/α,β-unsaturated/α-hetero) is 1. The van der Waals surface area contributed by atoms with E-state index in [2.05, 4.69) is 11.4 Å². The molecule has 1 heterocycles. The summed E-state index contributed by atoms with van der Waals surface area (Å²) in [6.07, 6.45) is 1.86. The molecule has 118 valence electrons. The van der Waals surface area contributed by atoms with Crippen molar-refractivity contribution in [2.24, 2.45) is 0 Å². The zero-order valence-electron chi connectivity index (χ0n) is 12.4. The molecular weight excluding hydrogens is 298 g/mol. The number of rotatable bonds is 7. The number of fused-ring (bicyclic) bond motifs is 1. The molecule has 1 aromatic carbocycles. The fourth-order valence-electron chi connectivity index (χ4n) is 2.29. The third-order valence-corrected chi connectivity index (χ3v) is 3.36. The summed E-state index contributed by atoms with van der Waals surface area (Å²) in [7, 11) is 0. The first kappa shape index (κ1) is 16.3. The highest BCUT2D eigenvalue weighted by Crippen LogP contribution is 2.28. The summed E-state index contributed by atoms with van der Waals surface area (Å²) in [4.78, 5) is 39.7. The van der Waals surface area contributed by atoms with Crippen molar-refractivity contribution in [2.45, 2.75) is 12.8 Å². The minimum atomic E-state index is -0.739. The number of nitrogens with zero attached hydrogens (tertiary/aromatic N) is 3. The average molecular weight is 313 g/mol. The van der Waals surface area contributed by atoms with Crippen molar-refractivity contribution in [3.8, 4) is 0 Å². The van der Waals surface area contributed by atoms with Crippen LogP contribution in [0.25, 0.3) is 5.53 Å². The van der Waals surface area contributed by atoms with Gasteiger partial charge < -0.3 is 15.2 Å². The number of esters is 1. The molecule has 0 aromatic heterocycles. The Morgan fingerprint density at radius 1 is 1.35 bits per heavy atom. The molecule has 0 spiro atoms. The van der Waals surface area contributed by atoms with Crippen LogP contribution in [0, 0.1) is 0 Å². The molecule has 1 aromatic rings. The monoisotopic (exact) mass is 313 g/mol. The Morgan fingerprint density at radius 2 is 2.09 bits per heavy atom. The van der Waals surface area contributed by atoms with Gasteiger partial charge in [-0.3, -0.25) is 9.59 Å². The lowest BCUT2D eigenvalue weighted by molar-refractivity contribution is -0.139. The quantitative estimate of drug-likeness (QED) is 0.190. The molecular formula is C16H15N3O4. The molecule has 0 radical (unpaired) electrons. The summed E-state index contributed by atoms with van der Waals surface area (Å²) in [5, 5.41) is 0. The van der Waals surface area contributed by atoms with E-state index in [1.807, 2.05) is 0 Å². The van der Waals surface area contributed by atoms with Crippen molar-refractivity contribution < 1.29 is 23.9 Å². The predicted octanol–water partition coefficient (Wildman–Crippen LogP) is 1.40. The minimum absolute atomic E-state index is 0.0182. The van der Waals surface area contributed by atoms with Gasteiger partial charge in [0.2, 0.25) is 0 Å². The van der Waals surface area contributed by atoms with E-state index in [9.17, 15) is 14.4 Å². The van der Waals surface area contributed by atoms with Gasteiger partial charge in [0.1, 0.15) is 6.61 Å².